The van der Waals surface area contributed by atoms with E-state index in [0.717, 1.165) is 0 Å². The lowest BCUT2D eigenvalue weighted by molar-refractivity contribution is 0.590. The maximum Gasteiger partial charge on any atom is 0.0331 e. The molecule has 0 amide bonds. The van der Waals surface area contributed by atoms with Gasteiger partial charge in [-0.1, -0.05) is 67.6 Å². The van der Waals surface area contributed by atoms with Crippen LogP contribution in [0.25, 0.3) is 0 Å². The molecular formula is C12H17I. The Morgan fingerprint density at radius 1 is 1.08 bits per heavy atom. The molecule has 1 rings (SSSR count). The lowest BCUT2D eigenvalue weighted by Crippen LogP contribution is -2.10. The smallest absolute Gasteiger partial charge is 0.0331 e. The molecule has 1 heteroatoms. The van der Waals surface area contributed by atoms with Gasteiger partial charge in [0, 0.05) is 3.92 Å². The third-order valence-corrected chi connectivity index (χ3v) is 2.96. The van der Waals surface area contributed by atoms with Crippen LogP contribution >= 0.6 is 22.6 Å². The SMILES string of the molecule is C[C@H](I)c1ccc(C(C)(C)C)cc1. The number of benzene rings is 1. The lowest BCUT2D eigenvalue weighted by Gasteiger charge is -2.19. The van der Waals surface area contributed by atoms with E-state index in [0.29, 0.717) is 3.92 Å². The summed E-state index contributed by atoms with van der Waals surface area (Å²) in [6.45, 7) is 8.95. The number of hydrogen-bond acceptors (Lipinski definition) is 0. The van der Waals surface area contributed by atoms with Gasteiger partial charge < -0.3 is 0 Å². The van der Waals surface area contributed by atoms with E-state index in [1.165, 1.54) is 11.1 Å². The maximum absolute atomic E-state index is 2.44. The third-order valence-electron chi connectivity index (χ3n) is 2.24. The predicted molar refractivity (Wildman–Crippen MR) is 67.6 cm³/mol. The molecule has 0 N–H and O–H groups in total. The Bertz CT molecular complexity index is 264. The third kappa shape index (κ3) is 2.97. The molecule has 0 spiro atoms. The Morgan fingerprint density at radius 3 is 1.85 bits per heavy atom. The summed E-state index contributed by atoms with van der Waals surface area (Å²) in [5.41, 5.74) is 3.09. The van der Waals surface area contributed by atoms with E-state index in [1.54, 1.807) is 0 Å². The minimum absolute atomic E-state index is 0.271. The molecule has 0 aromatic heterocycles. The second kappa shape index (κ2) is 3.99. The highest BCUT2D eigenvalue weighted by molar-refractivity contribution is 14.1. The van der Waals surface area contributed by atoms with Gasteiger partial charge in [0.2, 0.25) is 0 Å². The van der Waals surface area contributed by atoms with E-state index in [1.807, 2.05) is 0 Å². The summed E-state index contributed by atoms with van der Waals surface area (Å²) in [5.74, 6) is 0. The molecule has 1 aromatic rings. The number of halogens is 1. The Balaban J connectivity index is 2.94. The molecule has 0 aliphatic heterocycles. The van der Waals surface area contributed by atoms with Gasteiger partial charge in [0.05, 0.1) is 0 Å². The minimum Gasteiger partial charge on any atom is -0.0777 e. The van der Waals surface area contributed by atoms with Crippen molar-refractivity contribution in [2.24, 2.45) is 0 Å². The highest BCUT2D eigenvalue weighted by Gasteiger charge is 2.13. The quantitative estimate of drug-likeness (QED) is 0.528. The highest BCUT2D eigenvalue weighted by atomic mass is 127. The standard InChI is InChI=1S/C12H17I/c1-9(13)10-5-7-11(8-6-10)12(2,3)4/h5-9H,1-4H3/t9-/m0/s1. The maximum atomic E-state index is 2.44. The Morgan fingerprint density at radius 2 is 1.54 bits per heavy atom. The van der Waals surface area contributed by atoms with Gasteiger partial charge in [-0.15, -0.1) is 0 Å². The average molecular weight is 288 g/mol. The van der Waals surface area contributed by atoms with E-state index < -0.39 is 0 Å². The van der Waals surface area contributed by atoms with E-state index >= 15 is 0 Å². The van der Waals surface area contributed by atoms with Crippen molar-refractivity contribution < 1.29 is 0 Å². The molecular weight excluding hydrogens is 271 g/mol. The molecule has 0 saturated heterocycles. The van der Waals surface area contributed by atoms with Gasteiger partial charge in [-0.05, 0) is 23.5 Å². The lowest BCUT2D eigenvalue weighted by atomic mass is 9.86. The summed E-state index contributed by atoms with van der Waals surface area (Å²) in [5, 5.41) is 0. The molecule has 0 aliphatic carbocycles. The fraction of sp³-hybridized carbons (Fsp3) is 0.500. The first-order valence-electron chi connectivity index (χ1n) is 4.66. The molecule has 72 valence electrons. The largest absolute Gasteiger partial charge is 0.0777 e. The van der Waals surface area contributed by atoms with Crippen LogP contribution in [0.3, 0.4) is 0 Å². The van der Waals surface area contributed by atoms with Gasteiger partial charge in [-0.2, -0.15) is 0 Å². The van der Waals surface area contributed by atoms with Gasteiger partial charge in [0.1, 0.15) is 0 Å². The summed E-state index contributed by atoms with van der Waals surface area (Å²) in [6, 6.07) is 8.95. The van der Waals surface area contributed by atoms with Crippen molar-refractivity contribution in [3.63, 3.8) is 0 Å². The van der Waals surface area contributed by atoms with Gasteiger partial charge in [-0.25, -0.2) is 0 Å². The molecule has 13 heavy (non-hydrogen) atoms. The summed E-state index contributed by atoms with van der Waals surface area (Å²) in [4.78, 5) is 0. The fourth-order valence-electron chi connectivity index (χ4n) is 1.25. The number of rotatable bonds is 1. The van der Waals surface area contributed by atoms with E-state index in [-0.39, 0.29) is 5.41 Å². The highest BCUT2D eigenvalue weighted by Crippen LogP contribution is 2.26. The molecule has 0 saturated carbocycles. The van der Waals surface area contributed by atoms with Gasteiger partial charge in [0.25, 0.3) is 0 Å². The van der Waals surface area contributed by atoms with Crippen molar-refractivity contribution in [1.82, 2.24) is 0 Å². The van der Waals surface area contributed by atoms with Crippen LogP contribution < -0.4 is 0 Å². The van der Waals surface area contributed by atoms with Crippen LogP contribution in [0.1, 0.15) is 42.7 Å². The van der Waals surface area contributed by atoms with E-state index in [9.17, 15) is 0 Å². The fourth-order valence-corrected chi connectivity index (χ4v) is 1.66. The molecule has 0 unspecified atom stereocenters. The van der Waals surface area contributed by atoms with Crippen molar-refractivity contribution >= 4 is 22.6 Å². The van der Waals surface area contributed by atoms with Crippen LogP contribution in [-0.4, -0.2) is 0 Å². The first-order chi connectivity index (χ1) is 5.91. The van der Waals surface area contributed by atoms with E-state index in [2.05, 4.69) is 74.6 Å². The normalized spacial score (nSPS) is 14.2. The van der Waals surface area contributed by atoms with Crippen molar-refractivity contribution in [1.29, 1.82) is 0 Å². The molecule has 0 radical (unpaired) electrons. The summed E-state index contributed by atoms with van der Waals surface area (Å²) < 4.78 is 0.603. The van der Waals surface area contributed by atoms with Gasteiger partial charge in [-0.3, -0.25) is 0 Å². The van der Waals surface area contributed by atoms with Crippen molar-refractivity contribution in [2.75, 3.05) is 0 Å². The van der Waals surface area contributed by atoms with E-state index in [4.69, 9.17) is 0 Å². The molecule has 0 fully saturated rings. The first kappa shape index (κ1) is 11.0. The van der Waals surface area contributed by atoms with Crippen molar-refractivity contribution in [3.8, 4) is 0 Å². The van der Waals surface area contributed by atoms with Crippen LogP contribution in [0, 0.1) is 0 Å². The zero-order valence-corrected chi connectivity index (χ0v) is 10.9. The Kier molecular flexibility index (Phi) is 3.38. The topological polar surface area (TPSA) is 0 Å². The van der Waals surface area contributed by atoms with Crippen LogP contribution in [0.4, 0.5) is 0 Å². The summed E-state index contributed by atoms with van der Waals surface area (Å²) in [6.07, 6.45) is 0. The predicted octanol–water partition coefficient (Wildman–Crippen LogP) is 4.48. The number of alkyl halides is 1. The second-order valence-corrected chi connectivity index (χ2v) is 6.36. The molecule has 1 atom stereocenters. The molecule has 1 aromatic carbocycles. The Hall–Kier alpha value is -0.0500. The molecule has 0 bridgehead atoms. The van der Waals surface area contributed by atoms with Gasteiger partial charge >= 0.3 is 0 Å². The minimum atomic E-state index is 0.271. The van der Waals surface area contributed by atoms with Crippen LogP contribution in [-0.2, 0) is 5.41 Å². The molecule has 0 heterocycles. The van der Waals surface area contributed by atoms with Crippen molar-refractivity contribution in [2.45, 2.75) is 37.0 Å². The zero-order chi connectivity index (χ0) is 10.1. The Labute approximate surface area is 94.9 Å². The van der Waals surface area contributed by atoms with Crippen LogP contribution in [0.5, 0.6) is 0 Å². The van der Waals surface area contributed by atoms with Crippen LogP contribution in [0.2, 0.25) is 0 Å². The number of hydrogen-bond donors (Lipinski definition) is 0. The summed E-state index contributed by atoms with van der Waals surface area (Å²) >= 11 is 2.44. The van der Waals surface area contributed by atoms with Crippen LogP contribution in [0.15, 0.2) is 24.3 Å². The van der Waals surface area contributed by atoms with Crippen molar-refractivity contribution in [3.05, 3.63) is 35.4 Å². The van der Waals surface area contributed by atoms with Gasteiger partial charge in [0.15, 0.2) is 0 Å². The molecule has 0 nitrogen and oxygen atoms in total. The average Bonchev–Trinajstić information content (AvgIpc) is 2.03. The first-order valence-corrected chi connectivity index (χ1v) is 5.90. The monoisotopic (exact) mass is 288 g/mol. The zero-order valence-electron chi connectivity index (χ0n) is 8.76. The molecule has 0 aliphatic rings. The summed E-state index contributed by atoms with van der Waals surface area (Å²) in [7, 11) is 0. The second-order valence-electron chi connectivity index (χ2n) is 4.49.